The smallest absolute Gasteiger partial charge is 0.229 e. The van der Waals surface area contributed by atoms with Crippen LogP contribution in [0.2, 0.25) is 0 Å². The molecule has 1 fully saturated rings. The van der Waals surface area contributed by atoms with Gasteiger partial charge in [-0.3, -0.25) is 0 Å². The SMILES string of the molecule is COc1cc(COC=CCO)cc(OC)c1OC1OC(CO)C(O)C(O)C1O. The van der Waals surface area contributed by atoms with Gasteiger partial charge in [-0.1, -0.05) is 0 Å². The number of hydrogen-bond acceptors (Lipinski definition) is 10. The monoisotopic (exact) mass is 402 g/mol. The highest BCUT2D eigenvalue weighted by atomic mass is 16.7. The Labute approximate surface area is 162 Å². The van der Waals surface area contributed by atoms with Crippen molar-refractivity contribution < 1.29 is 49.2 Å². The lowest BCUT2D eigenvalue weighted by Crippen LogP contribution is -2.60. The van der Waals surface area contributed by atoms with Crippen LogP contribution in [-0.4, -0.2) is 83.7 Å². The molecular formula is C18H26O10. The lowest BCUT2D eigenvalue weighted by Gasteiger charge is -2.39. The van der Waals surface area contributed by atoms with E-state index < -0.39 is 37.3 Å². The van der Waals surface area contributed by atoms with Crippen molar-refractivity contribution in [3.05, 3.63) is 30.0 Å². The van der Waals surface area contributed by atoms with Crippen LogP contribution in [0.5, 0.6) is 17.2 Å². The highest BCUT2D eigenvalue weighted by molar-refractivity contribution is 5.54. The molecule has 1 aromatic carbocycles. The van der Waals surface area contributed by atoms with Gasteiger partial charge >= 0.3 is 0 Å². The van der Waals surface area contributed by atoms with Gasteiger partial charge in [0.1, 0.15) is 31.0 Å². The van der Waals surface area contributed by atoms with Gasteiger partial charge < -0.3 is 49.2 Å². The maximum absolute atomic E-state index is 10.2. The second-order valence-corrected chi connectivity index (χ2v) is 6.01. The fourth-order valence-electron chi connectivity index (χ4n) is 2.67. The lowest BCUT2D eigenvalue weighted by atomic mass is 9.99. The Balaban J connectivity index is 2.25. The van der Waals surface area contributed by atoms with Crippen molar-refractivity contribution in [3.63, 3.8) is 0 Å². The molecular weight excluding hydrogens is 376 g/mol. The van der Waals surface area contributed by atoms with E-state index in [2.05, 4.69) is 0 Å². The molecule has 0 radical (unpaired) electrons. The van der Waals surface area contributed by atoms with Gasteiger partial charge in [0.25, 0.3) is 0 Å². The summed E-state index contributed by atoms with van der Waals surface area (Å²) in [7, 11) is 2.82. The van der Waals surface area contributed by atoms with Crippen LogP contribution in [0.15, 0.2) is 24.5 Å². The first-order valence-electron chi connectivity index (χ1n) is 8.56. The molecule has 1 aliphatic heterocycles. The van der Waals surface area contributed by atoms with E-state index in [1.54, 1.807) is 12.1 Å². The number of methoxy groups -OCH3 is 2. The average Bonchev–Trinajstić information content (AvgIpc) is 2.71. The number of ether oxygens (including phenoxy) is 5. The molecule has 0 spiro atoms. The summed E-state index contributed by atoms with van der Waals surface area (Å²) < 4.78 is 26.9. The Kier molecular flexibility index (Phi) is 8.30. The van der Waals surface area contributed by atoms with E-state index in [4.69, 9.17) is 28.8 Å². The second kappa shape index (κ2) is 10.5. The Morgan fingerprint density at radius 1 is 1.00 bits per heavy atom. The minimum Gasteiger partial charge on any atom is -0.497 e. The maximum atomic E-state index is 10.2. The zero-order valence-corrected chi connectivity index (χ0v) is 15.6. The molecule has 0 bridgehead atoms. The molecule has 0 aromatic heterocycles. The molecule has 1 aliphatic rings. The third-order valence-corrected chi connectivity index (χ3v) is 4.15. The zero-order chi connectivity index (χ0) is 20.7. The Bertz CT molecular complexity index is 622. The first-order valence-corrected chi connectivity index (χ1v) is 8.56. The number of benzene rings is 1. The first-order chi connectivity index (χ1) is 13.5. The van der Waals surface area contributed by atoms with Crippen molar-refractivity contribution in [1.29, 1.82) is 0 Å². The van der Waals surface area contributed by atoms with Crippen molar-refractivity contribution in [2.24, 2.45) is 0 Å². The quantitative estimate of drug-likeness (QED) is 0.323. The summed E-state index contributed by atoms with van der Waals surface area (Å²) in [6.07, 6.45) is -4.32. The summed E-state index contributed by atoms with van der Waals surface area (Å²) in [5, 5.41) is 47.9. The van der Waals surface area contributed by atoms with Crippen molar-refractivity contribution in [2.75, 3.05) is 27.4 Å². The zero-order valence-electron chi connectivity index (χ0n) is 15.6. The van der Waals surface area contributed by atoms with Crippen molar-refractivity contribution in [1.82, 2.24) is 0 Å². The minimum absolute atomic E-state index is 0.101. The Hall–Kier alpha value is -2.08. The van der Waals surface area contributed by atoms with Crippen LogP contribution in [0.25, 0.3) is 0 Å². The van der Waals surface area contributed by atoms with E-state index in [1.807, 2.05) is 0 Å². The largest absolute Gasteiger partial charge is 0.497 e. The van der Waals surface area contributed by atoms with E-state index in [1.165, 1.54) is 26.6 Å². The molecule has 0 amide bonds. The summed E-state index contributed by atoms with van der Waals surface area (Å²) in [5.74, 6) is 0.603. The number of hydrogen-bond donors (Lipinski definition) is 5. The van der Waals surface area contributed by atoms with Gasteiger partial charge in [0.2, 0.25) is 12.0 Å². The normalized spacial score (nSPS) is 27.6. The van der Waals surface area contributed by atoms with Gasteiger partial charge in [-0.2, -0.15) is 0 Å². The van der Waals surface area contributed by atoms with E-state index in [0.29, 0.717) is 5.56 Å². The van der Waals surface area contributed by atoms with Crippen LogP contribution < -0.4 is 14.2 Å². The van der Waals surface area contributed by atoms with Crippen LogP contribution in [0, 0.1) is 0 Å². The molecule has 28 heavy (non-hydrogen) atoms. The summed E-state index contributed by atoms with van der Waals surface area (Å²) in [6, 6.07) is 3.24. The van der Waals surface area contributed by atoms with Crippen molar-refractivity contribution in [2.45, 2.75) is 37.3 Å². The van der Waals surface area contributed by atoms with Crippen LogP contribution in [-0.2, 0) is 16.1 Å². The number of rotatable bonds is 9. The van der Waals surface area contributed by atoms with Gasteiger partial charge in [-0.25, -0.2) is 0 Å². The highest BCUT2D eigenvalue weighted by Gasteiger charge is 2.45. The van der Waals surface area contributed by atoms with Gasteiger partial charge in [0.05, 0.1) is 33.7 Å². The predicted octanol–water partition coefficient (Wildman–Crippen LogP) is -1.09. The fraction of sp³-hybridized carbons (Fsp3) is 0.556. The van der Waals surface area contributed by atoms with Gasteiger partial charge in [-0.15, -0.1) is 0 Å². The number of aliphatic hydroxyl groups is 5. The molecule has 158 valence electrons. The molecule has 1 heterocycles. The number of aliphatic hydroxyl groups excluding tert-OH is 5. The van der Waals surface area contributed by atoms with Gasteiger partial charge in [-0.05, 0) is 23.8 Å². The highest BCUT2D eigenvalue weighted by Crippen LogP contribution is 2.40. The van der Waals surface area contributed by atoms with Gasteiger partial charge in [0, 0.05) is 0 Å². The second-order valence-electron chi connectivity index (χ2n) is 6.01. The summed E-state index contributed by atoms with van der Waals surface area (Å²) in [5.41, 5.74) is 0.678. The summed E-state index contributed by atoms with van der Waals surface area (Å²) in [6.45, 7) is -0.543. The molecule has 5 unspecified atom stereocenters. The molecule has 1 saturated heterocycles. The fourth-order valence-corrected chi connectivity index (χ4v) is 2.67. The van der Waals surface area contributed by atoms with E-state index in [-0.39, 0.29) is 30.5 Å². The molecule has 0 aliphatic carbocycles. The molecule has 2 rings (SSSR count). The average molecular weight is 402 g/mol. The van der Waals surface area contributed by atoms with E-state index >= 15 is 0 Å². The Morgan fingerprint density at radius 3 is 2.18 bits per heavy atom. The molecule has 1 aromatic rings. The standard InChI is InChI=1S/C18H26O10/c1-24-11-6-10(9-26-5-3-4-19)7-12(25-2)17(11)28-18-16(23)15(22)14(21)13(8-20)27-18/h3,5-7,13-16,18-23H,4,8-9H2,1-2H3. The van der Waals surface area contributed by atoms with Gasteiger partial charge in [0.15, 0.2) is 11.5 Å². The van der Waals surface area contributed by atoms with Crippen LogP contribution in [0.1, 0.15) is 5.56 Å². The summed E-state index contributed by atoms with van der Waals surface area (Å²) in [4.78, 5) is 0. The van der Waals surface area contributed by atoms with E-state index in [0.717, 1.165) is 0 Å². The third-order valence-electron chi connectivity index (χ3n) is 4.15. The van der Waals surface area contributed by atoms with Crippen LogP contribution in [0.4, 0.5) is 0 Å². The molecule has 5 N–H and O–H groups in total. The molecule has 5 atom stereocenters. The topological polar surface area (TPSA) is 147 Å². The predicted molar refractivity (Wildman–Crippen MR) is 95.0 cm³/mol. The summed E-state index contributed by atoms with van der Waals surface area (Å²) >= 11 is 0. The lowest BCUT2D eigenvalue weighted by molar-refractivity contribution is -0.277. The van der Waals surface area contributed by atoms with Crippen molar-refractivity contribution >= 4 is 0 Å². The molecule has 10 nitrogen and oxygen atoms in total. The van der Waals surface area contributed by atoms with E-state index in [9.17, 15) is 20.4 Å². The van der Waals surface area contributed by atoms with Crippen molar-refractivity contribution in [3.8, 4) is 17.2 Å². The van der Waals surface area contributed by atoms with Crippen LogP contribution >= 0.6 is 0 Å². The Morgan fingerprint density at radius 2 is 1.64 bits per heavy atom. The minimum atomic E-state index is -1.57. The molecule has 0 saturated carbocycles. The first kappa shape index (κ1) is 22.2. The molecule has 10 heteroatoms. The third kappa shape index (κ3) is 5.04. The van der Waals surface area contributed by atoms with Crippen LogP contribution in [0.3, 0.4) is 0 Å². The maximum Gasteiger partial charge on any atom is 0.229 e.